The molecule has 1 heterocycles. The van der Waals surface area contributed by atoms with E-state index >= 15 is 0 Å². The molecule has 0 N–H and O–H groups in total. The molecule has 2 aromatic rings. The predicted octanol–water partition coefficient (Wildman–Crippen LogP) is 4.70. The van der Waals surface area contributed by atoms with Gasteiger partial charge in [-0.2, -0.15) is 0 Å². The number of thiophene rings is 1. The second kappa shape index (κ2) is 3.67. The molecule has 0 fully saturated rings. The van der Waals surface area contributed by atoms with Gasteiger partial charge >= 0.3 is 0 Å². The molecule has 13 heavy (non-hydrogen) atoms. The fourth-order valence-corrected chi connectivity index (χ4v) is 3.19. The van der Waals surface area contributed by atoms with E-state index in [9.17, 15) is 4.39 Å². The van der Waals surface area contributed by atoms with Crippen molar-refractivity contribution in [1.82, 2.24) is 0 Å². The molecular formula is C9H5Br2FS. The van der Waals surface area contributed by atoms with Crippen LogP contribution in [-0.4, -0.2) is 0 Å². The molecule has 0 aliphatic rings. The molecule has 1 aromatic heterocycles. The van der Waals surface area contributed by atoms with Gasteiger partial charge in [-0.05, 0) is 44.4 Å². The molecule has 1 aromatic carbocycles. The molecule has 68 valence electrons. The number of hydrogen-bond donors (Lipinski definition) is 0. The summed E-state index contributed by atoms with van der Waals surface area (Å²) in [7, 11) is 0. The zero-order valence-electron chi connectivity index (χ0n) is 6.48. The summed E-state index contributed by atoms with van der Waals surface area (Å²) in [6.45, 7) is 0. The van der Waals surface area contributed by atoms with Gasteiger partial charge < -0.3 is 0 Å². The van der Waals surface area contributed by atoms with Crippen molar-refractivity contribution in [2.45, 2.75) is 5.33 Å². The highest BCUT2D eigenvalue weighted by Crippen LogP contribution is 2.33. The average molecular weight is 324 g/mol. The van der Waals surface area contributed by atoms with Crippen molar-refractivity contribution in [2.75, 3.05) is 0 Å². The van der Waals surface area contributed by atoms with Gasteiger partial charge in [0.2, 0.25) is 0 Å². The van der Waals surface area contributed by atoms with Crippen molar-refractivity contribution in [1.29, 1.82) is 0 Å². The zero-order chi connectivity index (χ0) is 9.42. The third-order valence-electron chi connectivity index (χ3n) is 1.87. The Hall–Kier alpha value is 0.0700. The lowest BCUT2D eigenvalue weighted by Crippen LogP contribution is -1.83. The van der Waals surface area contributed by atoms with Crippen LogP contribution in [0.25, 0.3) is 10.1 Å². The van der Waals surface area contributed by atoms with Crippen LogP contribution in [0.1, 0.15) is 5.56 Å². The number of alkyl halides is 1. The van der Waals surface area contributed by atoms with Crippen LogP contribution in [0.2, 0.25) is 0 Å². The molecule has 0 atom stereocenters. The van der Waals surface area contributed by atoms with E-state index in [4.69, 9.17) is 0 Å². The summed E-state index contributed by atoms with van der Waals surface area (Å²) in [5.41, 5.74) is 1.12. The molecule has 0 saturated carbocycles. The molecule has 0 aliphatic carbocycles. The third-order valence-corrected chi connectivity index (χ3v) is 3.95. The van der Waals surface area contributed by atoms with Gasteiger partial charge in [-0.15, -0.1) is 11.3 Å². The van der Waals surface area contributed by atoms with Crippen LogP contribution in [0.3, 0.4) is 0 Å². The predicted molar refractivity (Wildman–Crippen MR) is 62.1 cm³/mol. The third kappa shape index (κ3) is 1.55. The summed E-state index contributed by atoms with van der Waals surface area (Å²) in [5, 5.41) is 3.66. The second-order valence-electron chi connectivity index (χ2n) is 2.63. The first kappa shape index (κ1) is 9.62. The number of hydrogen-bond acceptors (Lipinski definition) is 1. The van der Waals surface area contributed by atoms with Gasteiger partial charge in [-0.25, -0.2) is 4.39 Å². The lowest BCUT2D eigenvalue weighted by atomic mass is 10.1. The lowest BCUT2D eigenvalue weighted by Gasteiger charge is -2.01. The smallest absolute Gasteiger partial charge is 0.155 e. The maximum atomic E-state index is 13.5. The Morgan fingerprint density at radius 2 is 2.23 bits per heavy atom. The van der Waals surface area contributed by atoms with E-state index in [1.54, 1.807) is 0 Å². The SMILES string of the molecule is Fc1c(Br)cc(CBr)c2ccsc12. The summed E-state index contributed by atoms with van der Waals surface area (Å²) < 4.78 is 14.8. The molecule has 0 unspecified atom stereocenters. The Labute approximate surface area is 96.0 Å². The minimum absolute atomic E-state index is 0.158. The standard InChI is InChI=1S/C9H5Br2FS/c10-4-5-3-7(11)8(12)9-6(5)1-2-13-9/h1-3H,4H2. The molecule has 0 spiro atoms. The Bertz CT molecular complexity index is 450. The van der Waals surface area contributed by atoms with Crippen molar-refractivity contribution in [3.63, 3.8) is 0 Å². The summed E-state index contributed by atoms with van der Waals surface area (Å²) >= 11 is 8.02. The van der Waals surface area contributed by atoms with Gasteiger partial charge in [-0.1, -0.05) is 15.9 Å². The Morgan fingerprint density at radius 3 is 2.92 bits per heavy atom. The van der Waals surface area contributed by atoms with Crippen LogP contribution in [-0.2, 0) is 5.33 Å². The minimum Gasteiger partial charge on any atom is -0.204 e. The summed E-state index contributed by atoms with van der Waals surface area (Å²) in [6.07, 6.45) is 0. The van der Waals surface area contributed by atoms with Gasteiger partial charge in [-0.3, -0.25) is 0 Å². The number of fused-ring (bicyclic) bond motifs is 1. The Morgan fingerprint density at radius 1 is 1.46 bits per heavy atom. The lowest BCUT2D eigenvalue weighted by molar-refractivity contribution is 0.635. The van der Waals surface area contributed by atoms with Crippen molar-refractivity contribution in [3.05, 3.63) is 33.4 Å². The summed E-state index contributed by atoms with van der Waals surface area (Å²) in [5.74, 6) is -0.158. The average Bonchev–Trinajstić information content (AvgIpc) is 2.60. The Kier molecular flexibility index (Phi) is 2.72. The van der Waals surface area contributed by atoms with E-state index in [2.05, 4.69) is 31.9 Å². The topological polar surface area (TPSA) is 0 Å². The summed E-state index contributed by atoms with van der Waals surface area (Å²) in [6, 6.07) is 3.77. The fourth-order valence-electron chi connectivity index (χ4n) is 1.25. The van der Waals surface area contributed by atoms with Crippen LogP contribution < -0.4 is 0 Å². The number of benzene rings is 1. The van der Waals surface area contributed by atoms with Crippen molar-refractivity contribution in [2.24, 2.45) is 0 Å². The van der Waals surface area contributed by atoms with Gasteiger partial charge in [0.25, 0.3) is 0 Å². The maximum Gasteiger partial charge on any atom is 0.155 e. The number of rotatable bonds is 1. The van der Waals surface area contributed by atoms with Crippen molar-refractivity contribution < 1.29 is 4.39 Å². The van der Waals surface area contributed by atoms with Crippen LogP contribution in [0, 0.1) is 5.82 Å². The van der Waals surface area contributed by atoms with Gasteiger partial charge in [0, 0.05) is 5.33 Å². The Balaban J connectivity index is 2.87. The number of halogens is 3. The van der Waals surface area contributed by atoms with Gasteiger partial charge in [0.05, 0.1) is 9.17 Å². The van der Waals surface area contributed by atoms with E-state index in [0.29, 0.717) is 4.47 Å². The molecule has 0 aliphatic heterocycles. The molecule has 0 bridgehead atoms. The van der Waals surface area contributed by atoms with E-state index in [0.717, 1.165) is 21.0 Å². The monoisotopic (exact) mass is 322 g/mol. The second-order valence-corrected chi connectivity index (χ2v) is 4.96. The summed E-state index contributed by atoms with van der Waals surface area (Å²) in [4.78, 5) is 0. The van der Waals surface area contributed by atoms with E-state index in [-0.39, 0.29) is 5.82 Å². The van der Waals surface area contributed by atoms with Gasteiger partial charge in [0.1, 0.15) is 0 Å². The highest BCUT2D eigenvalue weighted by Gasteiger charge is 2.10. The van der Waals surface area contributed by atoms with Crippen LogP contribution in [0.4, 0.5) is 4.39 Å². The van der Waals surface area contributed by atoms with Crippen LogP contribution in [0.5, 0.6) is 0 Å². The van der Waals surface area contributed by atoms with E-state index < -0.39 is 0 Å². The molecule has 2 rings (SSSR count). The molecule has 0 saturated heterocycles. The fraction of sp³-hybridized carbons (Fsp3) is 0.111. The molecule has 4 heteroatoms. The zero-order valence-corrected chi connectivity index (χ0v) is 10.5. The first-order chi connectivity index (χ1) is 6.24. The van der Waals surface area contributed by atoms with Gasteiger partial charge in [0.15, 0.2) is 5.82 Å². The first-order valence-corrected chi connectivity index (χ1v) is 6.43. The minimum atomic E-state index is -0.158. The van der Waals surface area contributed by atoms with Crippen molar-refractivity contribution in [3.8, 4) is 0 Å². The molecule has 0 amide bonds. The highest BCUT2D eigenvalue weighted by atomic mass is 79.9. The van der Waals surface area contributed by atoms with Crippen LogP contribution >= 0.6 is 43.2 Å². The van der Waals surface area contributed by atoms with E-state index in [1.807, 2.05) is 17.5 Å². The normalized spacial score (nSPS) is 11.0. The molecular weight excluding hydrogens is 319 g/mol. The first-order valence-electron chi connectivity index (χ1n) is 3.64. The molecule has 0 nitrogen and oxygen atoms in total. The highest BCUT2D eigenvalue weighted by molar-refractivity contribution is 9.10. The maximum absolute atomic E-state index is 13.5. The molecule has 0 radical (unpaired) electrons. The quantitative estimate of drug-likeness (QED) is 0.667. The largest absolute Gasteiger partial charge is 0.204 e. The van der Waals surface area contributed by atoms with E-state index in [1.165, 1.54) is 11.3 Å². The van der Waals surface area contributed by atoms with Crippen LogP contribution in [0.15, 0.2) is 22.0 Å². The van der Waals surface area contributed by atoms with Crippen molar-refractivity contribution >= 4 is 53.3 Å².